The van der Waals surface area contributed by atoms with Gasteiger partial charge in [0.15, 0.2) is 11.8 Å². The van der Waals surface area contributed by atoms with Crippen LogP contribution in [0.3, 0.4) is 0 Å². The highest BCUT2D eigenvalue weighted by Gasteiger charge is 2.78. The van der Waals surface area contributed by atoms with Crippen LogP contribution >= 0.6 is 0 Å². The Morgan fingerprint density at radius 1 is 0.600 bits per heavy atom. The summed E-state index contributed by atoms with van der Waals surface area (Å²) in [5.41, 5.74) is 1.19. The van der Waals surface area contributed by atoms with Crippen molar-refractivity contribution in [3.8, 4) is 0 Å². The van der Waals surface area contributed by atoms with E-state index >= 15 is 0 Å². The SMILES string of the molecule is CCOC1[C+]2C1C(C)(C)CCCC(C)(C)[C+]1C(OCC)C1C(C)(C)CCCC2(C)C. The van der Waals surface area contributed by atoms with Crippen molar-refractivity contribution in [2.75, 3.05) is 13.2 Å². The second-order valence-electron chi connectivity index (χ2n) is 13.1. The Hall–Kier alpha value is -0.340. The molecule has 3 aliphatic carbocycles. The fraction of sp³-hybridized carbons (Fsp3) is 0.929. The van der Waals surface area contributed by atoms with Gasteiger partial charge in [0.05, 0.1) is 0 Å². The van der Waals surface area contributed by atoms with Gasteiger partial charge in [0.1, 0.15) is 22.7 Å². The highest BCUT2D eigenvalue weighted by molar-refractivity contribution is 5.35. The zero-order chi connectivity index (χ0) is 22.5. The van der Waals surface area contributed by atoms with E-state index in [1.165, 1.54) is 38.5 Å². The zero-order valence-corrected chi connectivity index (χ0v) is 21.8. The lowest BCUT2D eigenvalue weighted by Gasteiger charge is -2.27. The molecular weight excluding hydrogens is 368 g/mol. The molecule has 2 heteroatoms. The van der Waals surface area contributed by atoms with Crippen molar-refractivity contribution < 1.29 is 9.47 Å². The Morgan fingerprint density at radius 2 is 0.933 bits per heavy atom. The van der Waals surface area contributed by atoms with Crippen LogP contribution in [0.2, 0.25) is 0 Å². The minimum absolute atomic E-state index is 0.274. The van der Waals surface area contributed by atoms with Gasteiger partial charge in [0.25, 0.3) is 0 Å². The predicted octanol–water partition coefficient (Wildman–Crippen LogP) is 7.66. The van der Waals surface area contributed by atoms with Gasteiger partial charge < -0.3 is 9.47 Å². The lowest BCUT2D eigenvalue weighted by atomic mass is 9.70. The van der Waals surface area contributed by atoms with Crippen LogP contribution in [-0.4, -0.2) is 25.4 Å². The zero-order valence-electron chi connectivity index (χ0n) is 21.8. The molecule has 3 aliphatic rings. The monoisotopic (exact) mass is 418 g/mol. The van der Waals surface area contributed by atoms with E-state index in [-0.39, 0.29) is 10.8 Å². The molecule has 30 heavy (non-hydrogen) atoms. The van der Waals surface area contributed by atoms with Crippen LogP contribution in [-0.2, 0) is 9.47 Å². The number of hydrogen-bond donors (Lipinski definition) is 0. The standard InChI is InChI=1S/C28H50O2/c1-11-29-23-19-20(23)26(5,6)16-14-18-28(9,10)22-21(24(22)30-12-2)27(7,8)17-13-15-25(19,3)4/h19,22-24H,11-18H2,1-10H3/q+2. The highest BCUT2D eigenvalue weighted by Crippen LogP contribution is 2.67. The lowest BCUT2D eigenvalue weighted by molar-refractivity contribution is 0.0909. The molecule has 0 spiro atoms. The maximum absolute atomic E-state index is 6.26. The van der Waals surface area contributed by atoms with Gasteiger partial charge in [-0.1, -0.05) is 27.7 Å². The Labute approximate surface area is 188 Å². The first-order valence-corrected chi connectivity index (χ1v) is 12.8. The van der Waals surface area contributed by atoms with Crippen molar-refractivity contribution in [3.63, 3.8) is 0 Å². The van der Waals surface area contributed by atoms with E-state index in [1.807, 2.05) is 0 Å². The second-order valence-corrected chi connectivity index (χ2v) is 13.1. The summed E-state index contributed by atoms with van der Waals surface area (Å²) in [6.45, 7) is 25.8. The normalized spacial score (nSPS) is 37.0. The van der Waals surface area contributed by atoms with E-state index in [9.17, 15) is 0 Å². The van der Waals surface area contributed by atoms with Crippen molar-refractivity contribution in [3.05, 3.63) is 11.8 Å². The molecule has 172 valence electrons. The van der Waals surface area contributed by atoms with Crippen molar-refractivity contribution in [2.45, 2.75) is 120 Å². The minimum atomic E-state index is 0.274. The van der Waals surface area contributed by atoms with Gasteiger partial charge in [-0.05, 0) is 80.1 Å². The van der Waals surface area contributed by atoms with E-state index in [4.69, 9.17) is 9.47 Å². The molecule has 3 rings (SSSR count). The van der Waals surface area contributed by atoms with E-state index in [2.05, 4.69) is 69.2 Å². The second kappa shape index (κ2) is 8.22. The van der Waals surface area contributed by atoms with Gasteiger partial charge in [-0.3, -0.25) is 0 Å². The average molecular weight is 419 g/mol. The minimum Gasteiger partial charge on any atom is -0.334 e. The third kappa shape index (κ3) is 4.56. The Kier molecular flexibility index (Phi) is 6.66. The quantitative estimate of drug-likeness (QED) is 0.436. The largest absolute Gasteiger partial charge is 0.334 e. The number of ether oxygens (including phenoxy) is 2. The van der Waals surface area contributed by atoms with Gasteiger partial charge in [-0.15, -0.1) is 0 Å². The summed E-state index contributed by atoms with van der Waals surface area (Å²) < 4.78 is 12.5. The number of rotatable bonds is 4. The maximum Gasteiger partial charge on any atom is 0.245 e. The Morgan fingerprint density at radius 3 is 1.23 bits per heavy atom. The van der Waals surface area contributed by atoms with Crippen LogP contribution in [0.1, 0.15) is 108 Å². The van der Waals surface area contributed by atoms with Crippen LogP contribution in [0.4, 0.5) is 0 Å². The molecule has 2 nitrogen and oxygen atoms in total. The van der Waals surface area contributed by atoms with E-state index in [0.29, 0.717) is 34.9 Å². The molecule has 0 amide bonds. The van der Waals surface area contributed by atoms with Gasteiger partial charge >= 0.3 is 0 Å². The fourth-order valence-electron chi connectivity index (χ4n) is 7.05. The summed E-state index contributed by atoms with van der Waals surface area (Å²) in [7, 11) is 0. The third-order valence-corrected chi connectivity index (χ3v) is 8.86. The summed E-state index contributed by atoms with van der Waals surface area (Å²) in [5.74, 6) is 4.66. The van der Waals surface area contributed by atoms with E-state index in [0.717, 1.165) is 13.2 Å². The van der Waals surface area contributed by atoms with Gasteiger partial charge in [-0.2, -0.15) is 0 Å². The molecule has 0 aromatic rings. The lowest BCUT2D eigenvalue weighted by Crippen LogP contribution is -2.25. The molecule has 0 heterocycles. The molecular formula is C28H50O2+2. The third-order valence-electron chi connectivity index (χ3n) is 8.86. The summed E-state index contributed by atoms with van der Waals surface area (Å²) in [6.07, 6.45) is 8.46. The number of hydrogen-bond acceptors (Lipinski definition) is 2. The molecule has 0 aliphatic heterocycles. The van der Waals surface area contributed by atoms with Gasteiger partial charge in [0.2, 0.25) is 12.2 Å². The first-order chi connectivity index (χ1) is 13.8. The topological polar surface area (TPSA) is 18.5 Å². The van der Waals surface area contributed by atoms with Gasteiger partial charge in [-0.25, -0.2) is 0 Å². The van der Waals surface area contributed by atoms with E-state index in [1.54, 1.807) is 11.8 Å². The van der Waals surface area contributed by atoms with Crippen LogP contribution in [0.5, 0.6) is 0 Å². The van der Waals surface area contributed by atoms with Crippen molar-refractivity contribution in [1.82, 2.24) is 0 Å². The molecule has 0 bridgehead atoms. The Balaban J connectivity index is 1.83. The van der Waals surface area contributed by atoms with Crippen molar-refractivity contribution in [1.29, 1.82) is 0 Å². The summed E-state index contributed by atoms with van der Waals surface area (Å²) in [6, 6.07) is 0. The predicted molar refractivity (Wildman–Crippen MR) is 127 cm³/mol. The first kappa shape index (κ1) is 24.3. The van der Waals surface area contributed by atoms with E-state index < -0.39 is 0 Å². The van der Waals surface area contributed by atoms with Crippen molar-refractivity contribution in [2.24, 2.45) is 33.5 Å². The fourth-order valence-corrected chi connectivity index (χ4v) is 7.05. The molecule has 0 saturated heterocycles. The molecule has 0 aromatic heterocycles. The van der Waals surface area contributed by atoms with Gasteiger partial charge in [0, 0.05) is 24.0 Å². The average Bonchev–Trinajstić information content (AvgIpc) is 3.47. The maximum atomic E-state index is 6.26. The highest BCUT2D eigenvalue weighted by atomic mass is 16.5. The molecule has 3 saturated carbocycles. The van der Waals surface area contributed by atoms with Crippen LogP contribution < -0.4 is 0 Å². The summed E-state index contributed by atoms with van der Waals surface area (Å²) in [4.78, 5) is 0. The van der Waals surface area contributed by atoms with Crippen LogP contribution in [0.15, 0.2) is 0 Å². The van der Waals surface area contributed by atoms with Crippen molar-refractivity contribution >= 4 is 0 Å². The molecule has 3 fully saturated rings. The molecule has 0 aromatic carbocycles. The Bertz CT molecular complexity index is 491. The first-order valence-electron chi connectivity index (χ1n) is 12.8. The molecule has 4 unspecified atom stereocenters. The molecule has 4 atom stereocenters. The van der Waals surface area contributed by atoms with Crippen LogP contribution in [0, 0.1) is 45.3 Å². The summed E-state index contributed by atoms with van der Waals surface area (Å²) >= 11 is 0. The molecule has 0 radical (unpaired) electrons. The number of fused-ring (bicyclic) bond motifs is 2. The smallest absolute Gasteiger partial charge is 0.245 e. The summed E-state index contributed by atoms with van der Waals surface area (Å²) in [5, 5.41) is 0. The molecule has 0 N–H and O–H groups in total. The van der Waals surface area contributed by atoms with Crippen LogP contribution in [0.25, 0.3) is 0 Å².